The fraction of sp³-hybridized carbons (Fsp3) is 0.900. The van der Waals surface area contributed by atoms with Gasteiger partial charge in [-0.15, -0.1) is 0 Å². The van der Waals surface area contributed by atoms with Crippen molar-refractivity contribution in [1.29, 1.82) is 0 Å². The highest BCUT2D eigenvalue weighted by Gasteiger charge is 1.96. The van der Waals surface area contributed by atoms with Gasteiger partial charge in [0.25, 0.3) is 0 Å². The predicted octanol–water partition coefficient (Wildman–Crippen LogP) is -0.615. The largest absolute Gasteiger partial charge is 0.447 e. The highest BCUT2D eigenvalue weighted by molar-refractivity contribution is 5.66. The lowest BCUT2D eigenvalue weighted by Gasteiger charge is -2.06. The number of amides is 1. The quantitative estimate of drug-likeness (QED) is 0.476. The molecule has 1 amide bonds. The summed E-state index contributed by atoms with van der Waals surface area (Å²) >= 11 is 0. The van der Waals surface area contributed by atoms with Crippen molar-refractivity contribution in [2.45, 2.75) is 0 Å². The van der Waals surface area contributed by atoms with Crippen molar-refractivity contribution in [3.8, 4) is 0 Å². The third-order valence-electron chi connectivity index (χ3n) is 1.64. The molecular weight excluding hydrogens is 230 g/mol. The molecule has 0 heterocycles. The summed E-state index contributed by atoms with van der Waals surface area (Å²) in [6.45, 7) is 2.75. The normalized spacial score (nSPS) is 10.2. The Hall–Kier alpha value is -0.890. The summed E-state index contributed by atoms with van der Waals surface area (Å²) in [4.78, 5) is 10.6. The monoisotopic (exact) mass is 251 g/mol. The van der Waals surface area contributed by atoms with E-state index in [0.717, 1.165) is 0 Å². The molecule has 0 aromatic carbocycles. The molecule has 102 valence electrons. The van der Waals surface area contributed by atoms with Crippen LogP contribution in [0, 0.1) is 0 Å². The molecule has 0 radical (unpaired) electrons. The van der Waals surface area contributed by atoms with Gasteiger partial charge in [0.2, 0.25) is 0 Å². The molecule has 0 aromatic heterocycles. The maximum Gasteiger partial charge on any atom is 0.406 e. The van der Waals surface area contributed by atoms with Gasteiger partial charge < -0.3 is 29.4 Å². The van der Waals surface area contributed by atoms with E-state index in [1.807, 2.05) is 0 Å². The van der Waals surface area contributed by atoms with Crippen molar-refractivity contribution < 1.29 is 28.8 Å². The lowest BCUT2D eigenvalue weighted by atomic mass is 10.7. The molecule has 7 nitrogen and oxygen atoms in total. The molecular formula is C10H21NO6. The number of hydrogen-bond acceptors (Lipinski definition) is 6. The smallest absolute Gasteiger partial charge is 0.406 e. The third-order valence-corrected chi connectivity index (χ3v) is 1.64. The Morgan fingerprint density at radius 3 is 1.88 bits per heavy atom. The summed E-state index contributed by atoms with van der Waals surface area (Å²) in [7, 11) is 1.50. The van der Waals surface area contributed by atoms with Crippen LogP contribution in [0.3, 0.4) is 0 Å². The molecule has 0 bridgehead atoms. The standard InChI is InChI=1S/C10H21NO6/c1-11-10(13)17-9-8-16-7-6-15-5-4-14-3-2-12/h12H,2-9H2,1H3,(H,11,13). The predicted molar refractivity (Wildman–Crippen MR) is 60.0 cm³/mol. The van der Waals surface area contributed by atoms with Gasteiger partial charge in [0.05, 0.1) is 46.2 Å². The van der Waals surface area contributed by atoms with Crippen LogP contribution in [-0.2, 0) is 18.9 Å². The summed E-state index contributed by atoms with van der Waals surface area (Å²) in [5, 5.41) is 10.7. The molecule has 0 aromatic rings. The van der Waals surface area contributed by atoms with E-state index < -0.39 is 6.09 Å². The molecule has 0 unspecified atom stereocenters. The second-order valence-corrected chi connectivity index (χ2v) is 2.95. The van der Waals surface area contributed by atoms with Gasteiger partial charge in [-0.3, -0.25) is 0 Å². The van der Waals surface area contributed by atoms with Crippen molar-refractivity contribution in [3.63, 3.8) is 0 Å². The Morgan fingerprint density at radius 1 is 0.941 bits per heavy atom. The Kier molecular flexibility index (Phi) is 12.5. The zero-order valence-electron chi connectivity index (χ0n) is 10.1. The fourth-order valence-corrected chi connectivity index (χ4v) is 0.872. The van der Waals surface area contributed by atoms with Crippen LogP contribution in [-0.4, -0.2) is 71.1 Å². The molecule has 0 spiro atoms. The van der Waals surface area contributed by atoms with Crippen LogP contribution in [0.2, 0.25) is 0 Å². The van der Waals surface area contributed by atoms with Crippen LogP contribution in [0.1, 0.15) is 0 Å². The van der Waals surface area contributed by atoms with Gasteiger partial charge >= 0.3 is 6.09 Å². The van der Waals surface area contributed by atoms with Gasteiger partial charge in [-0.2, -0.15) is 0 Å². The average molecular weight is 251 g/mol. The summed E-state index contributed by atoms with van der Waals surface area (Å²) in [6.07, 6.45) is -0.467. The summed E-state index contributed by atoms with van der Waals surface area (Å²) in [5.74, 6) is 0. The van der Waals surface area contributed by atoms with Crippen molar-refractivity contribution in [2.75, 3.05) is 59.9 Å². The van der Waals surface area contributed by atoms with Gasteiger partial charge in [-0.1, -0.05) is 0 Å². The Balaban J connectivity index is 2.96. The average Bonchev–Trinajstić information content (AvgIpc) is 2.35. The van der Waals surface area contributed by atoms with Gasteiger partial charge in [-0.25, -0.2) is 4.79 Å². The van der Waals surface area contributed by atoms with E-state index in [4.69, 9.17) is 24.1 Å². The lowest BCUT2D eigenvalue weighted by molar-refractivity contribution is 0.000835. The zero-order valence-corrected chi connectivity index (χ0v) is 10.1. The van der Waals surface area contributed by atoms with Crippen molar-refractivity contribution in [2.24, 2.45) is 0 Å². The maximum atomic E-state index is 10.6. The van der Waals surface area contributed by atoms with Crippen molar-refractivity contribution >= 4 is 6.09 Å². The molecule has 0 fully saturated rings. The Labute approximate surface area is 101 Å². The van der Waals surface area contributed by atoms with Crippen LogP contribution in [0.4, 0.5) is 4.79 Å². The van der Waals surface area contributed by atoms with E-state index in [1.54, 1.807) is 0 Å². The maximum absolute atomic E-state index is 10.6. The molecule has 0 saturated carbocycles. The van der Waals surface area contributed by atoms with Crippen LogP contribution < -0.4 is 5.32 Å². The van der Waals surface area contributed by atoms with Crippen molar-refractivity contribution in [3.05, 3.63) is 0 Å². The molecule has 0 aliphatic carbocycles. The van der Waals surface area contributed by atoms with Gasteiger partial charge in [0, 0.05) is 7.05 Å². The minimum Gasteiger partial charge on any atom is -0.447 e. The van der Waals surface area contributed by atoms with Crippen LogP contribution in [0.5, 0.6) is 0 Å². The third kappa shape index (κ3) is 13.0. The summed E-state index contributed by atoms with van der Waals surface area (Å²) in [6, 6.07) is 0. The number of aliphatic hydroxyl groups is 1. The van der Waals surface area contributed by atoms with Crippen molar-refractivity contribution in [1.82, 2.24) is 5.32 Å². The molecule has 0 atom stereocenters. The first-order chi connectivity index (χ1) is 8.31. The number of hydrogen-bond donors (Lipinski definition) is 2. The highest BCUT2D eigenvalue weighted by atomic mass is 16.6. The highest BCUT2D eigenvalue weighted by Crippen LogP contribution is 1.82. The fourth-order valence-electron chi connectivity index (χ4n) is 0.872. The van der Waals surface area contributed by atoms with Crippen LogP contribution >= 0.6 is 0 Å². The first-order valence-electron chi connectivity index (χ1n) is 5.50. The first-order valence-corrected chi connectivity index (χ1v) is 5.50. The van der Waals surface area contributed by atoms with E-state index in [1.165, 1.54) is 7.05 Å². The molecule has 7 heteroatoms. The number of rotatable bonds is 11. The molecule has 0 saturated heterocycles. The number of aliphatic hydroxyl groups excluding tert-OH is 1. The SMILES string of the molecule is CNC(=O)OCCOCCOCCOCCO. The number of carbonyl (C=O) groups is 1. The summed E-state index contributed by atoms with van der Waals surface area (Å²) < 4.78 is 20.0. The second-order valence-electron chi connectivity index (χ2n) is 2.95. The number of nitrogens with one attached hydrogen (secondary N) is 1. The minimum atomic E-state index is -0.467. The van der Waals surface area contributed by atoms with E-state index in [0.29, 0.717) is 39.6 Å². The zero-order chi connectivity index (χ0) is 12.8. The van der Waals surface area contributed by atoms with Crippen LogP contribution in [0.15, 0.2) is 0 Å². The van der Waals surface area contributed by atoms with E-state index >= 15 is 0 Å². The Morgan fingerprint density at radius 2 is 1.41 bits per heavy atom. The second kappa shape index (κ2) is 13.2. The number of alkyl carbamates (subject to hydrolysis) is 1. The summed E-state index contributed by atoms with van der Waals surface area (Å²) in [5.41, 5.74) is 0. The van der Waals surface area contributed by atoms with E-state index in [-0.39, 0.29) is 13.2 Å². The Bertz CT molecular complexity index is 178. The van der Waals surface area contributed by atoms with E-state index in [2.05, 4.69) is 5.32 Å². The molecule has 0 aliphatic rings. The molecule has 0 rings (SSSR count). The molecule has 2 N–H and O–H groups in total. The molecule has 0 aliphatic heterocycles. The molecule has 17 heavy (non-hydrogen) atoms. The first kappa shape index (κ1) is 16.1. The van der Waals surface area contributed by atoms with Gasteiger partial charge in [0.15, 0.2) is 0 Å². The minimum absolute atomic E-state index is 0.0223. The topological polar surface area (TPSA) is 86.3 Å². The van der Waals surface area contributed by atoms with E-state index in [9.17, 15) is 4.79 Å². The van der Waals surface area contributed by atoms with Gasteiger partial charge in [-0.05, 0) is 0 Å². The lowest BCUT2D eigenvalue weighted by Crippen LogP contribution is -2.21. The van der Waals surface area contributed by atoms with Gasteiger partial charge in [0.1, 0.15) is 6.61 Å². The number of carbonyl (C=O) groups excluding carboxylic acids is 1. The number of ether oxygens (including phenoxy) is 4. The van der Waals surface area contributed by atoms with Crippen LogP contribution in [0.25, 0.3) is 0 Å².